The highest BCUT2D eigenvalue weighted by atomic mass is 32.1. The second-order valence-electron chi connectivity index (χ2n) is 5.66. The van der Waals surface area contributed by atoms with Gasteiger partial charge in [-0.1, -0.05) is 18.2 Å². The maximum atomic E-state index is 12.8. The molecule has 2 heterocycles. The fourth-order valence-electron chi connectivity index (χ4n) is 3.07. The zero-order valence-corrected chi connectivity index (χ0v) is 13.1. The molecule has 1 aliphatic heterocycles. The summed E-state index contributed by atoms with van der Waals surface area (Å²) in [6.07, 6.45) is 2.26. The van der Waals surface area contributed by atoms with Crippen LogP contribution in [-0.2, 0) is 0 Å². The lowest BCUT2D eigenvalue weighted by atomic mass is 9.98. The second kappa shape index (κ2) is 6.03. The van der Waals surface area contributed by atoms with Gasteiger partial charge in [-0.3, -0.25) is 4.79 Å². The zero-order valence-electron chi connectivity index (χ0n) is 12.3. The molecule has 0 saturated carbocycles. The van der Waals surface area contributed by atoms with E-state index in [-0.39, 0.29) is 5.91 Å². The minimum absolute atomic E-state index is 0.0921. The Labute approximate surface area is 128 Å². The smallest absolute Gasteiger partial charge is 0.266 e. The number of amides is 1. The molecule has 4 nitrogen and oxygen atoms in total. The number of hydrogen-bond acceptors (Lipinski definition) is 4. The Morgan fingerprint density at radius 1 is 1.48 bits per heavy atom. The van der Waals surface area contributed by atoms with Gasteiger partial charge in [0.05, 0.1) is 5.69 Å². The molecular weight excluding hydrogens is 282 g/mol. The normalized spacial score (nSPS) is 19.1. The minimum atomic E-state index is 0.0921. The topological polar surface area (TPSA) is 58.4 Å². The largest absolute Gasteiger partial charge is 0.397 e. The fourth-order valence-corrected chi connectivity index (χ4v) is 4.16. The van der Waals surface area contributed by atoms with Crippen LogP contribution in [0.5, 0.6) is 0 Å². The van der Waals surface area contributed by atoms with E-state index in [9.17, 15) is 4.79 Å². The number of anilines is 1. The van der Waals surface area contributed by atoms with E-state index in [0.717, 1.165) is 36.1 Å². The van der Waals surface area contributed by atoms with Crippen LogP contribution in [0.2, 0.25) is 0 Å². The van der Waals surface area contributed by atoms with Crippen molar-refractivity contribution in [3.05, 3.63) is 29.1 Å². The maximum Gasteiger partial charge on any atom is 0.266 e. The number of nitrogens with one attached hydrogen (secondary N) is 1. The van der Waals surface area contributed by atoms with Gasteiger partial charge in [0, 0.05) is 23.2 Å². The highest BCUT2D eigenvalue weighted by molar-refractivity contribution is 7.21. The van der Waals surface area contributed by atoms with Crippen molar-refractivity contribution in [2.75, 3.05) is 32.4 Å². The van der Waals surface area contributed by atoms with Crippen LogP contribution in [0, 0.1) is 5.92 Å². The van der Waals surface area contributed by atoms with Crippen LogP contribution in [0.1, 0.15) is 22.5 Å². The maximum absolute atomic E-state index is 12.8. The number of rotatable bonds is 3. The standard InChI is InChI=1S/C16H21N3OS/c1-18-9-11-5-4-8-19(10-11)16(20)15-14(17)12-6-2-3-7-13(12)21-15/h2-3,6-7,11,18H,4-5,8-10,17H2,1H3. The summed E-state index contributed by atoms with van der Waals surface area (Å²) in [6.45, 7) is 2.63. The van der Waals surface area contributed by atoms with Gasteiger partial charge in [-0.05, 0) is 38.4 Å². The average molecular weight is 303 g/mol. The molecule has 1 aliphatic rings. The number of fused-ring (bicyclic) bond motifs is 1. The molecule has 1 aromatic heterocycles. The van der Waals surface area contributed by atoms with Crippen LogP contribution in [0.15, 0.2) is 24.3 Å². The monoisotopic (exact) mass is 303 g/mol. The van der Waals surface area contributed by atoms with Crippen LogP contribution in [0.3, 0.4) is 0 Å². The number of thiophene rings is 1. The molecule has 21 heavy (non-hydrogen) atoms. The molecule has 112 valence electrons. The van der Waals surface area contributed by atoms with Gasteiger partial charge in [-0.2, -0.15) is 0 Å². The molecule has 1 unspecified atom stereocenters. The Morgan fingerprint density at radius 3 is 3.05 bits per heavy atom. The zero-order chi connectivity index (χ0) is 14.8. The SMILES string of the molecule is CNCC1CCCN(C(=O)c2sc3ccccc3c2N)C1. The van der Waals surface area contributed by atoms with Crippen molar-refractivity contribution >= 4 is 33.0 Å². The van der Waals surface area contributed by atoms with Gasteiger partial charge in [-0.15, -0.1) is 11.3 Å². The fraction of sp³-hybridized carbons (Fsp3) is 0.438. The summed E-state index contributed by atoms with van der Waals surface area (Å²) in [7, 11) is 1.96. The average Bonchev–Trinajstić information content (AvgIpc) is 2.85. The predicted molar refractivity (Wildman–Crippen MR) is 88.8 cm³/mol. The number of likely N-dealkylation sites (tertiary alicyclic amines) is 1. The van der Waals surface area contributed by atoms with Crippen LogP contribution < -0.4 is 11.1 Å². The Hall–Kier alpha value is -1.59. The van der Waals surface area contributed by atoms with Gasteiger partial charge < -0.3 is 16.0 Å². The van der Waals surface area contributed by atoms with Gasteiger partial charge in [0.2, 0.25) is 0 Å². The van der Waals surface area contributed by atoms with E-state index in [1.165, 1.54) is 17.8 Å². The molecule has 1 atom stereocenters. The van der Waals surface area contributed by atoms with Gasteiger partial charge >= 0.3 is 0 Å². The van der Waals surface area contributed by atoms with Crippen molar-refractivity contribution in [3.63, 3.8) is 0 Å². The summed E-state index contributed by atoms with van der Waals surface area (Å²) in [5.74, 6) is 0.637. The first kappa shape index (κ1) is 14.4. The van der Waals surface area contributed by atoms with E-state index in [2.05, 4.69) is 5.32 Å². The van der Waals surface area contributed by atoms with E-state index in [4.69, 9.17) is 5.73 Å². The number of benzene rings is 1. The molecular formula is C16H21N3OS. The molecule has 1 amide bonds. The van der Waals surface area contributed by atoms with Crippen molar-refractivity contribution in [1.29, 1.82) is 0 Å². The number of nitrogen functional groups attached to an aromatic ring is 1. The molecule has 0 radical (unpaired) electrons. The van der Waals surface area contributed by atoms with Crippen LogP contribution in [0.25, 0.3) is 10.1 Å². The molecule has 3 N–H and O–H groups in total. The van der Waals surface area contributed by atoms with E-state index >= 15 is 0 Å². The molecule has 2 aromatic rings. The van der Waals surface area contributed by atoms with Crippen molar-refractivity contribution in [1.82, 2.24) is 10.2 Å². The lowest BCUT2D eigenvalue weighted by Gasteiger charge is -2.32. The first-order valence-corrected chi connectivity index (χ1v) is 8.23. The van der Waals surface area contributed by atoms with Crippen LogP contribution in [0.4, 0.5) is 5.69 Å². The first-order valence-electron chi connectivity index (χ1n) is 7.41. The molecule has 1 fully saturated rings. The summed E-state index contributed by atoms with van der Waals surface area (Å²) in [4.78, 5) is 15.4. The molecule has 5 heteroatoms. The third-order valence-corrected chi connectivity index (χ3v) is 5.30. The summed E-state index contributed by atoms with van der Waals surface area (Å²) >= 11 is 1.51. The number of piperidine rings is 1. The molecule has 0 bridgehead atoms. The third kappa shape index (κ3) is 2.76. The number of carbonyl (C=O) groups excluding carboxylic acids is 1. The molecule has 1 saturated heterocycles. The second-order valence-corrected chi connectivity index (χ2v) is 6.71. The number of hydrogen-bond donors (Lipinski definition) is 2. The Bertz CT molecular complexity index is 650. The Kier molecular flexibility index (Phi) is 4.12. The summed E-state index contributed by atoms with van der Waals surface area (Å²) in [5.41, 5.74) is 6.83. The van der Waals surface area contributed by atoms with Gasteiger partial charge in [0.1, 0.15) is 4.88 Å². The summed E-state index contributed by atoms with van der Waals surface area (Å²) < 4.78 is 1.09. The Morgan fingerprint density at radius 2 is 2.29 bits per heavy atom. The van der Waals surface area contributed by atoms with Gasteiger partial charge in [0.25, 0.3) is 5.91 Å². The van der Waals surface area contributed by atoms with Gasteiger partial charge in [-0.25, -0.2) is 0 Å². The lowest BCUT2D eigenvalue weighted by molar-refractivity contribution is 0.0680. The number of carbonyl (C=O) groups is 1. The Balaban J connectivity index is 1.84. The first-order chi connectivity index (χ1) is 10.2. The van der Waals surface area contributed by atoms with Crippen LogP contribution >= 0.6 is 11.3 Å². The van der Waals surface area contributed by atoms with Gasteiger partial charge in [0.15, 0.2) is 0 Å². The van der Waals surface area contributed by atoms with Crippen molar-refractivity contribution in [2.45, 2.75) is 12.8 Å². The highest BCUT2D eigenvalue weighted by Crippen LogP contribution is 2.34. The summed E-state index contributed by atoms with van der Waals surface area (Å²) in [6, 6.07) is 7.95. The molecule has 3 rings (SSSR count). The number of nitrogens with zero attached hydrogens (tertiary/aromatic N) is 1. The van der Waals surface area contributed by atoms with Crippen molar-refractivity contribution in [3.8, 4) is 0 Å². The molecule has 1 aromatic carbocycles. The summed E-state index contributed by atoms with van der Waals surface area (Å²) in [5, 5.41) is 4.20. The molecule has 0 aliphatic carbocycles. The van der Waals surface area contributed by atoms with Crippen molar-refractivity contribution < 1.29 is 4.79 Å². The number of nitrogens with two attached hydrogens (primary N) is 1. The van der Waals surface area contributed by atoms with E-state index < -0.39 is 0 Å². The quantitative estimate of drug-likeness (QED) is 0.916. The van der Waals surface area contributed by atoms with Crippen LogP contribution in [-0.4, -0.2) is 37.5 Å². The highest BCUT2D eigenvalue weighted by Gasteiger charge is 2.27. The van der Waals surface area contributed by atoms with Crippen molar-refractivity contribution in [2.24, 2.45) is 5.92 Å². The third-order valence-electron chi connectivity index (χ3n) is 4.13. The van der Waals surface area contributed by atoms with E-state index in [1.807, 2.05) is 36.2 Å². The minimum Gasteiger partial charge on any atom is -0.397 e. The lowest BCUT2D eigenvalue weighted by Crippen LogP contribution is -2.42. The van der Waals surface area contributed by atoms with E-state index in [1.54, 1.807) is 0 Å². The van der Waals surface area contributed by atoms with E-state index in [0.29, 0.717) is 16.5 Å². The molecule has 0 spiro atoms. The predicted octanol–water partition coefficient (Wildman–Crippen LogP) is 2.56.